The lowest BCUT2D eigenvalue weighted by Gasteiger charge is -2.08. The van der Waals surface area contributed by atoms with Gasteiger partial charge in [-0.1, -0.05) is 0 Å². The van der Waals surface area contributed by atoms with Crippen molar-refractivity contribution in [3.8, 4) is 5.75 Å². The molecule has 0 aliphatic rings. The molecule has 0 aromatic heterocycles. The van der Waals surface area contributed by atoms with Crippen LogP contribution in [-0.4, -0.2) is 51.3 Å². The van der Waals surface area contributed by atoms with Crippen LogP contribution in [0.1, 0.15) is 10.4 Å². The smallest absolute Gasteiger partial charge is 0.310 e. The standard InChI is InChI=1S/C13H19N3O5/c1-20-8-7-14-5-6-15-13(17)10-3-4-11(16(18)19)12(9-10)21-2/h3-4,9,14H,5-8H2,1-2H3,(H,15,17). The molecule has 1 rings (SSSR count). The third-order valence-electron chi connectivity index (χ3n) is 2.71. The van der Waals surface area contributed by atoms with Gasteiger partial charge in [-0.2, -0.15) is 0 Å². The van der Waals surface area contributed by atoms with Gasteiger partial charge in [-0.25, -0.2) is 0 Å². The minimum absolute atomic E-state index is 0.0610. The summed E-state index contributed by atoms with van der Waals surface area (Å²) in [6.07, 6.45) is 0. The van der Waals surface area contributed by atoms with Crippen LogP contribution in [0.3, 0.4) is 0 Å². The van der Waals surface area contributed by atoms with E-state index >= 15 is 0 Å². The van der Waals surface area contributed by atoms with Crippen molar-refractivity contribution in [3.05, 3.63) is 33.9 Å². The van der Waals surface area contributed by atoms with Crippen LogP contribution in [0.2, 0.25) is 0 Å². The first-order chi connectivity index (χ1) is 10.1. The third kappa shape index (κ3) is 5.36. The van der Waals surface area contributed by atoms with Crippen LogP contribution in [0.15, 0.2) is 18.2 Å². The molecule has 21 heavy (non-hydrogen) atoms. The zero-order valence-corrected chi connectivity index (χ0v) is 12.0. The van der Waals surface area contributed by atoms with Crippen LogP contribution in [-0.2, 0) is 4.74 Å². The summed E-state index contributed by atoms with van der Waals surface area (Å²) >= 11 is 0. The number of amides is 1. The van der Waals surface area contributed by atoms with Crippen molar-refractivity contribution in [2.24, 2.45) is 0 Å². The van der Waals surface area contributed by atoms with Gasteiger partial charge in [0.1, 0.15) is 0 Å². The summed E-state index contributed by atoms with van der Waals surface area (Å²) < 4.78 is 9.80. The Hall–Kier alpha value is -2.19. The van der Waals surface area contributed by atoms with Crippen LogP contribution in [0.25, 0.3) is 0 Å². The van der Waals surface area contributed by atoms with E-state index < -0.39 is 4.92 Å². The van der Waals surface area contributed by atoms with Crippen molar-refractivity contribution in [3.63, 3.8) is 0 Å². The number of hydrogen-bond donors (Lipinski definition) is 2. The van der Waals surface area contributed by atoms with Gasteiger partial charge in [-0.05, 0) is 6.07 Å². The number of nitro groups is 1. The van der Waals surface area contributed by atoms with Gasteiger partial charge in [0.2, 0.25) is 0 Å². The highest BCUT2D eigenvalue weighted by atomic mass is 16.6. The van der Waals surface area contributed by atoms with Crippen molar-refractivity contribution >= 4 is 11.6 Å². The quantitative estimate of drug-likeness (QED) is 0.392. The number of hydrogen-bond acceptors (Lipinski definition) is 6. The third-order valence-corrected chi connectivity index (χ3v) is 2.71. The second-order valence-electron chi connectivity index (χ2n) is 4.14. The number of rotatable bonds is 9. The molecule has 1 aromatic rings. The zero-order chi connectivity index (χ0) is 15.7. The Morgan fingerprint density at radius 2 is 2.05 bits per heavy atom. The maximum atomic E-state index is 11.9. The highest BCUT2D eigenvalue weighted by molar-refractivity contribution is 5.95. The molecule has 116 valence electrons. The van der Waals surface area contributed by atoms with Gasteiger partial charge in [-0.15, -0.1) is 0 Å². The van der Waals surface area contributed by atoms with Gasteiger partial charge in [-0.3, -0.25) is 14.9 Å². The molecule has 0 bridgehead atoms. The molecule has 0 radical (unpaired) electrons. The Labute approximate surface area is 122 Å². The Bertz CT molecular complexity index is 493. The van der Waals surface area contributed by atoms with E-state index in [1.807, 2.05) is 0 Å². The van der Waals surface area contributed by atoms with E-state index in [2.05, 4.69) is 10.6 Å². The first-order valence-electron chi connectivity index (χ1n) is 6.40. The van der Waals surface area contributed by atoms with Gasteiger partial charge < -0.3 is 20.1 Å². The van der Waals surface area contributed by atoms with Gasteiger partial charge in [0.25, 0.3) is 5.91 Å². The van der Waals surface area contributed by atoms with Crippen LogP contribution in [0.4, 0.5) is 5.69 Å². The fourth-order valence-corrected chi connectivity index (χ4v) is 1.64. The molecule has 2 N–H and O–H groups in total. The highest BCUT2D eigenvalue weighted by Gasteiger charge is 2.17. The summed E-state index contributed by atoms with van der Waals surface area (Å²) in [5.74, 6) is -0.248. The normalized spacial score (nSPS) is 10.2. The lowest BCUT2D eigenvalue weighted by Crippen LogP contribution is -2.33. The van der Waals surface area contributed by atoms with Crippen molar-refractivity contribution in [1.29, 1.82) is 0 Å². The number of nitrogens with one attached hydrogen (secondary N) is 2. The molecule has 0 heterocycles. The SMILES string of the molecule is COCCNCCNC(=O)c1ccc([N+](=O)[O-])c(OC)c1. The predicted octanol–water partition coefficient (Wildman–Crippen LogP) is 0.569. The number of carbonyl (C=O) groups excluding carboxylic acids is 1. The molecule has 1 amide bonds. The summed E-state index contributed by atoms with van der Waals surface area (Å²) in [5, 5.41) is 16.6. The first kappa shape index (κ1) is 16.9. The lowest BCUT2D eigenvalue weighted by molar-refractivity contribution is -0.385. The van der Waals surface area contributed by atoms with E-state index in [1.165, 1.54) is 25.3 Å². The minimum Gasteiger partial charge on any atom is -0.490 e. The van der Waals surface area contributed by atoms with E-state index in [1.54, 1.807) is 7.11 Å². The average molecular weight is 297 g/mol. The maximum Gasteiger partial charge on any atom is 0.310 e. The molecule has 8 nitrogen and oxygen atoms in total. The Kier molecular flexibility index (Phi) is 7.13. The van der Waals surface area contributed by atoms with E-state index in [0.29, 0.717) is 31.8 Å². The molecule has 0 fully saturated rings. The second kappa shape index (κ2) is 8.88. The summed E-state index contributed by atoms with van der Waals surface area (Å²) in [5.41, 5.74) is 0.143. The monoisotopic (exact) mass is 297 g/mol. The number of nitrogens with zero attached hydrogens (tertiary/aromatic N) is 1. The minimum atomic E-state index is -0.555. The van der Waals surface area contributed by atoms with Crippen molar-refractivity contribution in [2.75, 3.05) is 40.5 Å². The fraction of sp³-hybridized carbons (Fsp3) is 0.462. The molecular formula is C13H19N3O5. The van der Waals surface area contributed by atoms with Crippen LogP contribution < -0.4 is 15.4 Å². The molecule has 0 unspecified atom stereocenters. The van der Waals surface area contributed by atoms with E-state index in [9.17, 15) is 14.9 Å². The second-order valence-corrected chi connectivity index (χ2v) is 4.14. The number of methoxy groups -OCH3 is 2. The topological polar surface area (TPSA) is 103 Å². The molecule has 1 aromatic carbocycles. The van der Waals surface area contributed by atoms with Crippen molar-refractivity contribution in [1.82, 2.24) is 10.6 Å². The van der Waals surface area contributed by atoms with Crippen LogP contribution in [0.5, 0.6) is 5.75 Å². The molecule has 0 spiro atoms. The molecule has 0 atom stereocenters. The Balaban J connectivity index is 2.53. The summed E-state index contributed by atoms with van der Waals surface area (Å²) in [4.78, 5) is 22.1. The first-order valence-corrected chi connectivity index (χ1v) is 6.40. The number of benzene rings is 1. The molecule has 0 aliphatic carbocycles. The van der Waals surface area contributed by atoms with Gasteiger partial charge >= 0.3 is 5.69 Å². The Morgan fingerprint density at radius 3 is 2.67 bits per heavy atom. The summed E-state index contributed by atoms with van der Waals surface area (Å²) in [6, 6.07) is 4.00. The molecule has 0 saturated carbocycles. The number of ether oxygens (including phenoxy) is 2. The lowest BCUT2D eigenvalue weighted by atomic mass is 10.1. The zero-order valence-electron chi connectivity index (χ0n) is 12.0. The van der Waals surface area contributed by atoms with Gasteiger partial charge in [0, 0.05) is 44.4 Å². The average Bonchev–Trinajstić information content (AvgIpc) is 2.49. The van der Waals surface area contributed by atoms with Crippen LogP contribution in [0, 0.1) is 10.1 Å². The van der Waals surface area contributed by atoms with E-state index in [4.69, 9.17) is 9.47 Å². The van der Waals surface area contributed by atoms with Crippen LogP contribution >= 0.6 is 0 Å². The predicted molar refractivity (Wildman–Crippen MR) is 76.7 cm³/mol. The molecule has 0 aliphatic heterocycles. The summed E-state index contributed by atoms with van der Waals surface area (Å²) in [7, 11) is 2.94. The number of carbonyl (C=O) groups is 1. The number of nitro benzene ring substituents is 1. The summed E-state index contributed by atoms with van der Waals surface area (Å²) in [6.45, 7) is 2.37. The van der Waals surface area contributed by atoms with E-state index in [-0.39, 0.29) is 17.3 Å². The van der Waals surface area contributed by atoms with Crippen molar-refractivity contribution in [2.45, 2.75) is 0 Å². The maximum absolute atomic E-state index is 11.9. The molecule has 0 saturated heterocycles. The largest absolute Gasteiger partial charge is 0.490 e. The van der Waals surface area contributed by atoms with E-state index in [0.717, 1.165) is 0 Å². The van der Waals surface area contributed by atoms with Crippen molar-refractivity contribution < 1.29 is 19.2 Å². The Morgan fingerprint density at radius 1 is 1.29 bits per heavy atom. The van der Waals surface area contributed by atoms with Gasteiger partial charge in [0.05, 0.1) is 18.6 Å². The molecule has 8 heteroatoms. The van der Waals surface area contributed by atoms with Gasteiger partial charge in [0.15, 0.2) is 5.75 Å². The molecular weight excluding hydrogens is 278 g/mol. The highest BCUT2D eigenvalue weighted by Crippen LogP contribution is 2.27. The fourth-order valence-electron chi connectivity index (χ4n) is 1.64.